The lowest BCUT2D eigenvalue weighted by Crippen LogP contribution is -2.32. The number of nitrogens with zero attached hydrogens (tertiary/aromatic N) is 4. The fourth-order valence-corrected chi connectivity index (χ4v) is 4.10. The number of carbonyl (C=O) groups excluding carboxylic acids is 1. The predicted octanol–water partition coefficient (Wildman–Crippen LogP) is 2.36. The van der Waals surface area contributed by atoms with Crippen LogP contribution in [0, 0.1) is 0 Å². The molecule has 3 aromatic rings. The Morgan fingerprint density at radius 1 is 1.35 bits per heavy atom. The highest BCUT2D eigenvalue weighted by Gasteiger charge is 2.27. The molecule has 0 unspecified atom stereocenters. The molecule has 0 aromatic carbocycles. The molecule has 0 aliphatic carbocycles. The summed E-state index contributed by atoms with van der Waals surface area (Å²) in [5.41, 5.74) is 3.74. The second-order valence-electron chi connectivity index (χ2n) is 6.48. The van der Waals surface area contributed by atoms with Crippen molar-refractivity contribution in [3.05, 3.63) is 69.4 Å². The van der Waals surface area contributed by atoms with Crippen LogP contribution in [-0.2, 0) is 33.1 Å². The van der Waals surface area contributed by atoms with Gasteiger partial charge in [-0.05, 0) is 23.1 Å². The molecule has 6 nitrogen and oxygen atoms in total. The number of aromatic nitrogens is 3. The van der Waals surface area contributed by atoms with E-state index >= 15 is 0 Å². The largest absolute Gasteiger partial charge is 0.346 e. The molecule has 0 bridgehead atoms. The minimum atomic E-state index is -0.122. The molecular formula is C19H21N5OS. The first-order chi connectivity index (χ1) is 12.7. The smallest absolute Gasteiger partial charge is 0.272 e. The molecular weight excluding hydrogens is 346 g/mol. The maximum Gasteiger partial charge on any atom is 0.272 e. The minimum absolute atomic E-state index is 0.122. The van der Waals surface area contributed by atoms with Gasteiger partial charge in [0.05, 0.1) is 0 Å². The highest BCUT2D eigenvalue weighted by Crippen LogP contribution is 2.24. The van der Waals surface area contributed by atoms with Crippen LogP contribution >= 0.6 is 11.3 Å². The zero-order valence-electron chi connectivity index (χ0n) is 14.7. The SMILES string of the molecule is Cn1nc(C(=O)NCc2cccnc2)c2c1CCN(Cc1cccs1)C2. The average Bonchev–Trinajstić information content (AvgIpc) is 3.29. The molecule has 26 heavy (non-hydrogen) atoms. The molecule has 0 radical (unpaired) electrons. The van der Waals surface area contributed by atoms with E-state index in [2.05, 4.69) is 37.8 Å². The standard InChI is InChI=1S/C19H21N5OS/c1-23-17-6-8-24(12-15-5-3-9-26-15)13-16(17)18(22-23)19(25)21-11-14-4-2-7-20-10-14/h2-5,7,9-10H,6,8,11-13H2,1H3,(H,21,25). The van der Waals surface area contributed by atoms with E-state index in [1.165, 1.54) is 10.6 Å². The number of amides is 1. The number of thiophene rings is 1. The molecule has 3 aromatic heterocycles. The van der Waals surface area contributed by atoms with Gasteiger partial charge in [0.15, 0.2) is 5.69 Å². The monoisotopic (exact) mass is 367 g/mol. The number of carbonyl (C=O) groups is 1. The molecule has 0 saturated heterocycles. The Morgan fingerprint density at radius 3 is 3.04 bits per heavy atom. The quantitative estimate of drug-likeness (QED) is 0.752. The summed E-state index contributed by atoms with van der Waals surface area (Å²) >= 11 is 1.77. The third-order valence-corrected chi connectivity index (χ3v) is 5.53. The Balaban J connectivity index is 1.48. The summed E-state index contributed by atoms with van der Waals surface area (Å²) in [6.45, 7) is 3.12. The molecule has 0 saturated carbocycles. The summed E-state index contributed by atoms with van der Waals surface area (Å²) in [7, 11) is 1.92. The highest BCUT2D eigenvalue weighted by atomic mass is 32.1. The highest BCUT2D eigenvalue weighted by molar-refractivity contribution is 7.09. The third-order valence-electron chi connectivity index (χ3n) is 4.67. The Morgan fingerprint density at radius 2 is 2.27 bits per heavy atom. The summed E-state index contributed by atoms with van der Waals surface area (Å²) in [5, 5.41) is 9.57. The molecule has 0 spiro atoms. The summed E-state index contributed by atoms with van der Waals surface area (Å²) in [4.78, 5) is 20.5. The van der Waals surface area contributed by atoms with E-state index in [-0.39, 0.29) is 5.91 Å². The average molecular weight is 367 g/mol. The van der Waals surface area contributed by atoms with Gasteiger partial charge in [0.2, 0.25) is 0 Å². The zero-order valence-corrected chi connectivity index (χ0v) is 15.5. The Hall–Kier alpha value is -2.51. The summed E-state index contributed by atoms with van der Waals surface area (Å²) < 4.78 is 1.86. The van der Waals surface area contributed by atoms with Crippen molar-refractivity contribution in [3.8, 4) is 0 Å². The van der Waals surface area contributed by atoms with Gasteiger partial charge in [-0.1, -0.05) is 12.1 Å². The van der Waals surface area contributed by atoms with E-state index in [0.717, 1.165) is 37.2 Å². The van der Waals surface area contributed by atoms with E-state index in [9.17, 15) is 4.79 Å². The zero-order chi connectivity index (χ0) is 17.9. The number of hydrogen-bond acceptors (Lipinski definition) is 5. The molecule has 134 valence electrons. The molecule has 1 amide bonds. The number of pyridine rings is 1. The van der Waals surface area contributed by atoms with Gasteiger partial charge in [0.25, 0.3) is 5.91 Å². The molecule has 4 rings (SSSR count). The van der Waals surface area contributed by atoms with Gasteiger partial charge >= 0.3 is 0 Å². The molecule has 1 aliphatic heterocycles. The van der Waals surface area contributed by atoms with Gasteiger partial charge in [-0.3, -0.25) is 19.4 Å². The maximum absolute atomic E-state index is 12.7. The van der Waals surface area contributed by atoms with E-state index < -0.39 is 0 Å². The van der Waals surface area contributed by atoms with Crippen molar-refractivity contribution in [2.45, 2.75) is 26.1 Å². The van der Waals surface area contributed by atoms with Crippen LogP contribution in [0.1, 0.15) is 32.2 Å². The van der Waals surface area contributed by atoms with Crippen molar-refractivity contribution in [1.29, 1.82) is 0 Å². The number of rotatable bonds is 5. The van der Waals surface area contributed by atoms with Crippen molar-refractivity contribution in [1.82, 2.24) is 25.0 Å². The van der Waals surface area contributed by atoms with Crippen LogP contribution in [-0.4, -0.2) is 32.1 Å². The lowest BCUT2D eigenvalue weighted by molar-refractivity contribution is 0.0942. The second kappa shape index (κ2) is 7.39. The molecule has 1 N–H and O–H groups in total. The van der Waals surface area contributed by atoms with Gasteiger partial charge in [-0.25, -0.2) is 0 Å². The number of hydrogen-bond donors (Lipinski definition) is 1. The minimum Gasteiger partial charge on any atom is -0.346 e. The molecule has 4 heterocycles. The number of fused-ring (bicyclic) bond motifs is 1. The van der Waals surface area contributed by atoms with Crippen LogP contribution in [0.5, 0.6) is 0 Å². The van der Waals surface area contributed by atoms with Crippen molar-refractivity contribution in [3.63, 3.8) is 0 Å². The van der Waals surface area contributed by atoms with Gasteiger partial charge in [-0.2, -0.15) is 5.10 Å². The first-order valence-corrected chi connectivity index (χ1v) is 9.55. The van der Waals surface area contributed by atoms with Gasteiger partial charge in [0, 0.05) is 68.2 Å². The van der Waals surface area contributed by atoms with Crippen LogP contribution in [0.25, 0.3) is 0 Å². The molecule has 0 atom stereocenters. The summed E-state index contributed by atoms with van der Waals surface area (Å²) in [6, 6.07) is 8.05. The van der Waals surface area contributed by atoms with Crippen molar-refractivity contribution < 1.29 is 4.79 Å². The van der Waals surface area contributed by atoms with Crippen molar-refractivity contribution in [2.75, 3.05) is 6.54 Å². The van der Waals surface area contributed by atoms with E-state index in [1.807, 2.05) is 23.9 Å². The predicted molar refractivity (Wildman–Crippen MR) is 101 cm³/mol. The van der Waals surface area contributed by atoms with Crippen LogP contribution in [0.3, 0.4) is 0 Å². The van der Waals surface area contributed by atoms with Crippen LogP contribution in [0.4, 0.5) is 0 Å². The van der Waals surface area contributed by atoms with E-state index in [1.54, 1.807) is 23.7 Å². The topological polar surface area (TPSA) is 63.1 Å². The molecule has 7 heteroatoms. The van der Waals surface area contributed by atoms with Gasteiger partial charge < -0.3 is 5.32 Å². The number of nitrogens with one attached hydrogen (secondary N) is 1. The summed E-state index contributed by atoms with van der Waals surface area (Å²) in [6.07, 6.45) is 4.40. The molecule has 0 fully saturated rings. The van der Waals surface area contributed by atoms with Gasteiger partial charge in [0.1, 0.15) is 0 Å². The maximum atomic E-state index is 12.7. The normalized spacial score (nSPS) is 14.2. The number of aryl methyl sites for hydroxylation is 1. The van der Waals surface area contributed by atoms with E-state index in [4.69, 9.17) is 0 Å². The first-order valence-electron chi connectivity index (χ1n) is 8.67. The van der Waals surface area contributed by atoms with Crippen molar-refractivity contribution in [2.24, 2.45) is 7.05 Å². The second-order valence-corrected chi connectivity index (χ2v) is 7.51. The fourth-order valence-electron chi connectivity index (χ4n) is 3.36. The van der Waals surface area contributed by atoms with Crippen LogP contribution in [0.2, 0.25) is 0 Å². The lowest BCUT2D eigenvalue weighted by Gasteiger charge is -2.26. The molecule has 1 aliphatic rings. The summed E-state index contributed by atoms with van der Waals surface area (Å²) in [5.74, 6) is -0.122. The van der Waals surface area contributed by atoms with Crippen LogP contribution in [0.15, 0.2) is 42.0 Å². The van der Waals surface area contributed by atoms with Crippen LogP contribution < -0.4 is 5.32 Å². The fraction of sp³-hybridized carbons (Fsp3) is 0.316. The Labute approximate surface area is 156 Å². The van der Waals surface area contributed by atoms with Crippen molar-refractivity contribution >= 4 is 17.2 Å². The Bertz CT molecular complexity index is 888. The first kappa shape index (κ1) is 16.9. The third kappa shape index (κ3) is 3.54. The lowest BCUT2D eigenvalue weighted by atomic mass is 10.0. The van der Waals surface area contributed by atoms with Gasteiger partial charge in [-0.15, -0.1) is 11.3 Å². The van der Waals surface area contributed by atoms with E-state index in [0.29, 0.717) is 12.2 Å². The Kier molecular flexibility index (Phi) is 4.81.